The molecule has 2 N–H and O–H groups in total. The summed E-state index contributed by atoms with van der Waals surface area (Å²) in [5.74, 6) is 0. The number of rotatable bonds is 2. The lowest BCUT2D eigenvalue weighted by molar-refractivity contribution is -0.133. The van der Waals surface area contributed by atoms with Gasteiger partial charge in [0.25, 0.3) is 0 Å². The Hall–Kier alpha value is -0.650. The van der Waals surface area contributed by atoms with Crippen LogP contribution in [-0.4, -0.2) is 29.3 Å². The van der Waals surface area contributed by atoms with Crippen molar-refractivity contribution in [1.29, 1.82) is 0 Å². The molecular formula is C13H23N3OS. The molecule has 5 heteroatoms. The molecular weight excluding hydrogens is 246 g/mol. The average Bonchev–Trinajstić information content (AvgIpc) is 2.55. The molecule has 0 aromatic carbocycles. The van der Waals surface area contributed by atoms with Gasteiger partial charge in [-0.3, -0.25) is 0 Å². The fraction of sp³-hybridized carbons (Fsp3) is 0.769. The lowest BCUT2D eigenvalue weighted by Gasteiger charge is -2.47. The normalized spacial score (nSPS) is 22.2. The fourth-order valence-corrected chi connectivity index (χ4v) is 3.60. The molecule has 1 saturated heterocycles. The third kappa shape index (κ3) is 2.84. The standard InChI is InChI=1S/C13H23N3OS/c1-9-10(6-14)18-11(15-9)16-7-12(2,3)17-13(4,5)8-16/h6-8,14H2,1-5H3. The number of nitrogens with two attached hydrogens (primary N) is 1. The molecule has 102 valence electrons. The Morgan fingerprint density at radius 2 is 1.83 bits per heavy atom. The number of hydrogen-bond donors (Lipinski definition) is 1. The van der Waals surface area contributed by atoms with Crippen molar-refractivity contribution in [2.45, 2.75) is 52.4 Å². The van der Waals surface area contributed by atoms with Gasteiger partial charge in [-0.2, -0.15) is 0 Å². The van der Waals surface area contributed by atoms with Gasteiger partial charge in [0, 0.05) is 24.5 Å². The molecule has 4 nitrogen and oxygen atoms in total. The summed E-state index contributed by atoms with van der Waals surface area (Å²) < 4.78 is 6.09. The van der Waals surface area contributed by atoms with E-state index in [2.05, 4.69) is 37.6 Å². The first kappa shape index (κ1) is 13.8. The monoisotopic (exact) mass is 269 g/mol. The highest BCUT2D eigenvalue weighted by Crippen LogP contribution is 2.34. The summed E-state index contributed by atoms with van der Waals surface area (Å²) in [6, 6.07) is 0. The molecule has 0 saturated carbocycles. The van der Waals surface area contributed by atoms with E-state index in [-0.39, 0.29) is 11.2 Å². The molecule has 1 aromatic heterocycles. The highest BCUT2D eigenvalue weighted by atomic mass is 32.1. The Morgan fingerprint density at radius 3 is 2.28 bits per heavy atom. The number of ether oxygens (including phenoxy) is 1. The number of thiazole rings is 1. The van der Waals surface area contributed by atoms with Gasteiger partial charge >= 0.3 is 0 Å². The Balaban J connectivity index is 2.26. The van der Waals surface area contributed by atoms with Gasteiger partial charge in [0.05, 0.1) is 16.9 Å². The molecule has 0 amide bonds. The maximum Gasteiger partial charge on any atom is 0.186 e. The smallest absolute Gasteiger partial charge is 0.186 e. The van der Waals surface area contributed by atoms with E-state index in [4.69, 9.17) is 10.5 Å². The second-order valence-electron chi connectivity index (χ2n) is 6.19. The number of aryl methyl sites for hydroxylation is 1. The largest absolute Gasteiger partial charge is 0.366 e. The number of anilines is 1. The minimum absolute atomic E-state index is 0.149. The van der Waals surface area contributed by atoms with Crippen LogP contribution in [0.15, 0.2) is 0 Å². The van der Waals surface area contributed by atoms with Crippen LogP contribution < -0.4 is 10.6 Å². The van der Waals surface area contributed by atoms with Crippen molar-refractivity contribution < 1.29 is 4.74 Å². The van der Waals surface area contributed by atoms with Gasteiger partial charge < -0.3 is 15.4 Å². The van der Waals surface area contributed by atoms with E-state index in [1.807, 2.05) is 6.92 Å². The van der Waals surface area contributed by atoms with Gasteiger partial charge in [0.15, 0.2) is 5.13 Å². The van der Waals surface area contributed by atoms with Crippen LogP contribution in [0.5, 0.6) is 0 Å². The first-order valence-corrected chi connectivity index (χ1v) is 7.16. The van der Waals surface area contributed by atoms with Gasteiger partial charge in [-0.05, 0) is 34.6 Å². The summed E-state index contributed by atoms with van der Waals surface area (Å²) in [5, 5.41) is 1.07. The summed E-state index contributed by atoms with van der Waals surface area (Å²) in [6.07, 6.45) is 0. The molecule has 0 bridgehead atoms. The molecule has 0 unspecified atom stereocenters. The van der Waals surface area contributed by atoms with Crippen molar-refractivity contribution in [3.05, 3.63) is 10.6 Å². The molecule has 18 heavy (non-hydrogen) atoms. The van der Waals surface area contributed by atoms with Crippen molar-refractivity contribution in [3.63, 3.8) is 0 Å². The van der Waals surface area contributed by atoms with Crippen LogP contribution in [0.4, 0.5) is 5.13 Å². The summed E-state index contributed by atoms with van der Waals surface area (Å²) in [6.45, 7) is 12.9. The van der Waals surface area contributed by atoms with E-state index in [1.165, 1.54) is 4.88 Å². The quantitative estimate of drug-likeness (QED) is 0.895. The average molecular weight is 269 g/mol. The molecule has 0 aliphatic carbocycles. The van der Waals surface area contributed by atoms with Crippen LogP contribution in [0.3, 0.4) is 0 Å². The van der Waals surface area contributed by atoms with Gasteiger partial charge in [-0.1, -0.05) is 0 Å². The van der Waals surface area contributed by atoms with Crippen LogP contribution in [0.2, 0.25) is 0 Å². The zero-order chi connectivity index (χ0) is 13.6. The fourth-order valence-electron chi connectivity index (χ4n) is 2.66. The SMILES string of the molecule is Cc1nc(N2CC(C)(C)OC(C)(C)C2)sc1CN. The Kier molecular flexibility index (Phi) is 3.42. The molecule has 0 spiro atoms. The Labute approximate surface area is 113 Å². The van der Waals surface area contributed by atoms with Gasteiger partial charge in [0.1, 0.15) is 0 Å². The predicted molar refractivity (Wildman–Crippen MR) is 76.2 cm³/mol. The van der Waals surface area contributed by atoms with Crippen LogP contribution in [0, 0.1) is 6.92 Å². The lowest BCUT2D eigenvalue weighted by Crippen LogP contribution is -2.57. The maximum atomic E-state index is 6.09. The van der Waals surface area contributed by atoms with E-state index < -0.39 is 0 Å². The molecule has 2 rings (SSSR count). The topological polar surface area (TPSA) is 51.4 Å². The van der Waals surface area contributed by atoms with Gasteiger partial charge in [-0.25, -0.2) is 4.98 Å². The Morgan fingerprint density at radius 1 is 1.28 bits per heavy atom. The lowest BCUT2D eigenvalue weighted by atomic mass is 9.99. The zero-order valence-corrected chi connectivity index (χ0v) is 12.7. The Bertz CT molecular complexity index is 423. The molecule has 2 heterocycles. The molecule has 0 radical (unpaired) electrons. The van der Waals surface area contributed by atoms with Crippen LogP contribution in [0.25, 0.3) is 0 Å². The van der Waals surface area contributed by atoms with E-state index in [9.17, 15) is 0 Å². The van der Waals surface area contributed by atoms with Crippen molar-refractivity contribution >= 4 is 16.5 Å². The number of aromatic nitrogens is 1. The third-order valence-electron chi connectivity index (χ3n) is 3.03. The second kappa shape index (κ2) is 4.47. The van der Waals surface area contributed by atoms with Crippen molar-refractivity contribution in [1.82, 2.24) is 4.98 Å². The zero-order valence-electron chi connectivity index (χ0n) is 11.9. The summed E-state index contributed by atoms with van der Waals surface area (Å²) in [7, 11) is 0. The maximum absolute atomic E-state index is 6.09. The minimum atomic E-state index is -0.149. The summed E-state index contributed by atoms with van der Waals surface area (Å²) in [4.78, 5) is 8.14. The van der Waals surface area contributed by atoms with Gasteiger partial charge in [0.2, 0.25) is 0 Å². The minimum Gasteiger partial charge on any atom is -0.366 e. The van der Waals surface area contributed by atoms with Crippen molar-refractivity contribution in [3.8, 4) is 0 Å². The van der Waals surface area contributed by atoms with E-state index >= 15 is 0 Å². The van der Waals surface area contributed by atoms with Crippen LogP contribution >= 0.6 is 11.3 Å². The number of nitrogens with zero attached hydrogens (tertiary/aromatic N) is 2. The number of morpholine rings is 1. The molecule has 0 atom stereocenters. The molecule has 1 aromatic rings. The third-order valence-corrected chi connectivity index (χ3v) is 4.27. The van der Waals surface area contributed by atoms with E-state index in [0.717, 1.165) is 23.9 Å². The number of hydrogen-bond acceptors (Lipinski definition) is 5. The highest BCUT2D eigenvalue weighted by Gasteiger charge is 2.39. The summed E-state index contributed by atoms with van der Waals surface area (Å²) in [5.41, 5.74) is 6.49. The molecule has 1 aliphatic rings. The predicted octanol–water partition coefficient (Wildman–Crippen LogP) is 2.30. The first-order chi connectivity index (χ1) is 8.22. The van der Waals surface area contributed by atoms with Crippen LogP contribution in [-0.2, 0) is 11.3 Å². The van der Waals surface area contributed by atoms with E-state index in [0.29, 0.717) is 6.54 Å². The molecule has 1 aliphatic heterocycles. The van der Waals surface area contributed by atoms with E-state index in [1.54, 1.807) is 11.3 Å². The van der Waals surface area contributed by atoms with Crippen molar-refractivity contribution in [2.24, 2.45) is 5.73 Å². The summed E-state index contributed by atoms with van der Waals surface area (Å²) >= 11 is 1.70. The van der Waals surface area contributed by atoms with Gasteiger partial charge in [-0.15, -0.1) is 11.3 Å². The second-order valence-corrected chi connectivity index (χ2v) is 7.25. The van der Waals surface area contributed by atoms with Crippen molar-refractivity contribution in [2.75, 3.05) is 18.0 Å². The highest BCUT2D eigenvalue weighted by molar-refractivity contribution is 7.15. The first-order valence-electron chi connectivity index (χ1n) is 6.34. The van der Waals surface area contributed by atoms with Crippen LogP contribution in [0.1, 0.15) is 38.3 Å². The molecule has 1 fully saturated rings.